The molecule has 166 valence electrons. The van der Waals surface area contributed by atoms with Crippen molar-refractivity contribution in [3.8, 4) is 22.6 Å². The molecule has 9 heteroatoms. The van der Waals surface area contributed by atoms with E-state index in [0.717, 1.165) is 53.8 Å². The molecular formula is C23H26ClN7O. The third-order valence-electron chi connectivity index (χ3n) is 5.56. The SMILES string of the molecule is CCCCCc1c(Cl)n(CC)c(=O)n1Cc1ccc(-c2ncccc2-c2nn[nH]n2)cc1. The largest absolute Gasteiger partial charge is 0.329 e. The summed E-state index contributed by atoms with van der Waals surface area (Å²) < 4.78 is 3.45. The van der Waals surface area contributed by atoms with Crippen molar-refractivity contribution < 1.29 is 0 Å². The average Bonchev–Trinajstić information content (AvgIpc) is 3.43. The van der Waals surface area contributed by atoms with Gasteiger partial charge in [-0.1, -0.05) is 55.6 Å². The number of hydrogen-bond donors (Lipinski definition) is 1. The molecule has 0 aliphatic heterocycles. The molecule has 0 fully saturated rings. The lowest BCUT2D eigenvalue weighted by molar-refractivity contribution is 0.638. The van der Waals surface area contributed by atoms with E-state index in [1.165, 1.54) is 0 Å². The highest BCUT2D eigenvalue weighted by Gasteiger charge is 2.18. The van der Waals surface area contributed by atoms with Gasteiger partial charge in [0.05, 0.1) is 17.9 Å². The van der Waals surface area contributed by atoms with Crippen LogP contribution in [0, 0.1) is 0 Å². The maximum absolute atomic E-state index is 13.0. The number of H-pyrrole nitrogens is 1. The zero-order chi connectivity index (χ0) is 22.5. The minimum Gasteiger partial charge on any atom is -0.290 e. The van der Waals surface area contributed by atoms with Gasteiger partial charge < -0.3 is 0 Å². The van der Waals surface area contributed by atoms with Crippen molar-refractivity contribution in [1.82, 2.24) is 34.7 Å². The van der Waals surface area contributed by atoms with Crippen molar-refractivity contribution in [2.75, 3.05) is 0 Å². The monoisotopic (exact) mass is 451 g/mol. The molecule has 3 heterocycles. The lowest BCUT2D eigenvalue weighted by Gasteiger charge is -2.10. The topological polar surface area (TPSA) is 94.3 Å². The summed E-state index contributed by atoms with van der Waals surface area (Å²) in [6, 6.07) is 11.8. The minimum atomic E-state index is -0.0582. The zero-order valence-corrected chi connectivity index (χ0v) is 19.0. The smallest absolute Gasteiger partial charge is 0.290 e. The molecule has 4 rings (SSSR count). The number of tetrazole rings is 1. The molecule has 0 unspecified atom stereocenters. The molecule has 3 aromatic heterocycles. The van der Waals surface area contributed by atoms with Gasteiger partial charge in [-0.2, -0.15) is 5.21 Å². The van der Waals surface area contributed by atoms with Crippen LogP contribution < -0.4 is 5.69 Å². The van der Waals surface area contributed by atoms with Crippen molar-refractivity contribution in [1.29, 1.82) is 0 Å². The lowest BCUT2D eigenvalue weighted by Crippen LogP contribution is -2.25. The van der Waals surface area contributed by atoms with E-state index < -0.39 is 0 Å². The number of hydrogen-bond acceptors (Lipinski definition) is 5. The van der Waals surface area contributed by atoms with Gasteiger partial charge in [0.25, 0.3) is 0 Å². The number of benzene rings is 1. The van der Waals surface area contributed by atoms with Crippen LogP contribution in [0.25, 0.3) is 22.6 Å². The minimum absolute atomic E-state index is 0.0582. The highest BCUT2D eigenvalue weighted by atomic mass is 35.5. The molecule has 0 saturated heterocycles. The van der Waals surface area contributed by atoms with Gasteiger partial charge in [-0.15, -0.1) is 10.2 Å². The normalized spacial score (nSPS) is 11.2. The van der Waals surface area contributed by atoms with Gasteiger partial charge in [-0.25, -0.2) is 4.79 Å². The Morgan fingerprint density at radius 2 is 1.88 bits per heavy atom. The number of halogens is 1. The second-order valence-corrected chi connectivity index (χ2v) is 8.00. The number of aromatic amines is 1. The van der Waals surface area contributed by atoms with E-state index in [9.17, 15) is 4.79 Å². The molecule has 0 bridgehead atoms. The maximum atomic E-state index is 13.0. The molecule has 0 radical (unpaired) electrons. The van der Waals surface area contributed by atoms with Crippen LogP contribution in [0.2, 0.25) is 5.15 Å². The Balaban J connectivity index is 1.63. The van der Waals surface area contributed by atoms with Gasteiger partial charge in [0.15, 0.2) is 0 Å². The summed E-state index contributed by atoms with van der Waals surface area (Å²) >= 11 is 6.57. The maximum Gasteiger partial charge on any atom is 0.329 e. The Morgan fingerprint density at radius 3 is 2.56 bits per heavy atom. The summed E-state index contributed by atoms with van der Waals surface area (Å²) in [4.78, 5) is 17.5. The van der Waals surface area contributed by atoms with Crippen LogP contribution >= 0.6 is 11.6 Å². The van der Waals surface area contributed by atoms with Crippen LogP contribution in [-0.4, -0.2) is 34.7 Å². The molecule has 1 N–H and O–H groups in total. The number of nitrogens with one attached hydrogen (secondary N) is 1. The van der Waals surface area contributed by atoms with Crippen LogP contribution in [0.15, 0.2) is 47.4 Å². The number of aromatic nitrogens is 7. The van der Waals surface area contributed by atoms with Gasteiger partial charge in [0, 0.05) is 23.9 Å². The van der Waals surface area contributed by atoms with E-state index >= 15 is 0 Å². The number of nitrogens with zero attached hydrogens (tertiary/aromatic N) is 6. The molecule has 1 aromatic carbocycles. The van der Waals surface area contributed by atoms with E-state index in [-0.39, 0.29) is 5.69 Å². The molecular weight excluding hydrogens is 426 g/mol. The first kappa shape index (κ1) is 22.0. The quantitative estimate of drug-likeness (QED) is 0.382. The first-order valence-electron chi connectivity index (χ1n) is 10.9. The van der Waals surface area contributed by atoms with Crippen molar-refractivity contribution in [3.63, 3.8) is 0 Å². The molecule has 8 nitrogen and oxygen atoms in total. The molecule has 0 atom stereocenters. The number of unbranched alkanes of at least 4 members (excludes halogenated alkanes) is 2. The fraction of sp³-hybridized carbons (Fsp3) is 0.348. The van der Waals surface area contributed by atoms with Crippen LogP contribution in [0.5, 0.6) is 0 Å². The first-order valence-corrected chi connectivity index (χ1v) is 11.3. The van der Waals surface area contributed by atoms with E-state index in [1.54, 1.807) is 10.8 Å². The average molecular weight is 452 g/mol. The van der Waals surface area contributed by atoms with Gasteiger partial charge >= 0.3 is 5.69 Å². The van der Waals surface area contributed by atoms with E-state index in [2.05, 4.69) is 32.5 Å². The zero-order valence-electron chi connectivity index (χ0n) is 18.3. The summed E-state index contributed by atoms with van der Waals surface area (Å²) in [5.41, 5.74) is 4.40. The second kappa shape index (κ2) is 9.91. The Kier molecular flexibility index (Phi) is 6.80. The Bertz CT molecular complexity index is 1230. The van der Waals surface area contributed by atoms with Gasteiger partial charge in [0.1, 0.15) is 5.15 Å². The molecule has 0 aliphatic rings. The predicted octanol–water partition coefficient (Wildman–Crippen LogP) is 4.35. The molecule has 4 aromatic rings. The van der Waals surface area contributed by atoms with Gasteiger partial charge in [0.2, 0.25) is 5.82 Å². The van der Waals surface area contributed by atoms with E-state index in [1.807, 2.05) is 47.9 Å². The van der Waals surface area contributed by atoms with Crippen molar-refractivity contribution >= 4 is 11.6 Å². The third-order valence-corrected chi connectivity index (χ3v) is 5.98. The fourth-order valence-corrected chi connectivity index (χ4v) is 4.26. The Morgan fingerprint density at radius 1 is 1.06 bits per heavy atom. The second-order valence-electron chi connectivity index (χ2n) is 7.64. The Labute approximate surface area is 191 Å². The van der Waals surface area contributed by atoms with Crippen LogP contribution in [0.1, 0.15) is 44.4 Å². The molecule has 32 heavy (non-hydrogen) atoms. The summed E-state index contributed by atoms with van der Waals surface area (Å²) in [7, 11) is 0. The van der Waals surface area contributed by atoms with Crippen molar-refractivity contribution in [3.05, 3.63) is 69.5 Å². The van der Waals surface area contributed by atoms with Crippen LogP contribution in [0.3, 0.4) is 0 Å². The van der Waals surface area contributed by atoms with E-state index in [4.69, 9.17) is 11.6 Å². The predicted molar refractivity (Wildman–Crippen MR) is 125 cm³/mol. The van der Waals surface area contributed by atoms with Crippen molar-refractivity contribution in [2.45, 2.75) is 52.6 Å². The molecule has 0 spiro atoms. The number of pyridine rings is 1. The summed E-state index contributed by atoms with van der Waals surface area (Å²) in [6.07, 6.45) is 5.79. The summed E-state index contributed by atoms with van der Waals surface area (Å²) in [5, 5.41) is 14.8. The van der Waals surface area contributed by atoms with Crippen molar-refractivity contribution in [2.24, 2.45) is 0 Å². The molecule has 0 saturated carbocycles. The number of imidazole rings is 1. The summed E-state index contributed by atoms with van der Waals surface area (Å²) in [5.74, 6) is 0.496. The Hall–Kier alpha value is -3.26. The van der Waals surface area contributed by atoms with E-state index in [0.29, 0.717) is 24.1 Å². The number of rotatable bonds is 9. The summed E-state index contributed by atoms with van der Waals surface area (Å²) in [6.45, 7) is 5.14. The highest BCUT2D eigenvalue weighted by molar-refractivity contribution is 6.30. The highest BCUT2D eigenvalue weighted by Crippen LogP contribution is 2.28. The van der Waals surface area contributed by atoms with Gasteiger partial charge in [-0.05, 0) is 42.7 Å². The van der Waals surface area contributed by atoms with Crippen LogP contribution in [-0.2, 0) is 19.5 Å². The lowest BCUT2D eigenvalue weighted by atomic mass is 10.0. The first-order chi connectivity index (χ1) is 15.6. The molecule has 0 aliphatic carbocycles. The standard InChI is InChI=1S/C23H26ClN7O/c1-3-5-6-9-19-21(24)30(4-2)23(32)31(19)15-16-10-12-17(13-11-16)20-18(8-7-14-25-20)22-26-28-29-27-22/h7-8,10-14H,3-6,9,15H2,1-2H3,(H,26,27,28,29). The molecule has 0 amide bonds. The third kappa shape index (κ3) is 4.36. The van der Waals surface area contributed by atoms with Gasteiger partial charge in [-0.3, -0.25) is 14.1 Å². The fourth-order valence-electron chi connectivity index (χ4n) is 3.87. The van der Waals surface area contributed by atoms with Crippen LogP contribution in [0.4, 0.5) is 0 Å².